The molecule has 0 bridgehead atoms. The summed E-state index contributed by atoms with van der Waals surface area (Å²) in [6.45, 7) is 7.85. The molecule has 3 aromatic rings. The van der Waals surface area contributed by atoms with Gasteiger partial charge in [0.15, 0.2) is 0 Å². The van der Waals surface area contributed by atoms with Gasteiger partial charge in [-0.15, -0.1) is 0 Å². The number of pyridine rings is 2. The first-order chi connectivity index (χ1) is 12.8. The molecule has 3 rings (SSSR count). The first-order valence-electron chi connectivity index (χ1n) is 7.74. The number of anilines is 2. The van der Waals surface area contributed by atoms with Crippen LogP contribution in [0.2, 0.25) is 0 Å². The number of nitrogens with zero attached hydrogens (tertiary/aromatic N) is 3. The molecule has 0 atom stereocenters. The van der Waals surface area contributed by atoms with Gasteiger partial charge in [0.2, 0.25) is 0 Å². The van der Waals surface area contributed by atoms with Crippen LogP contribution in [0.3, 0.4) is 0 Å². The lowest BCUT2D eigenvalue weighted by molar-refractivity contribution is -0.141. The summed E-state index contributed by atoms with van der Waals surface area (Å²) in [5.41, 5.74) is 2.33. The Morgan fingerprint density at radius 2 is 1.81 bits per heavy atom. The minimum Gasteiger partial charge on any atom is -0.353 e. The number of rotatable bonds is 6. The van der Waals surface area contributed by atoms with Crippen LogP contribution in [0, 0.1) is 0 Å². The van der Waals surface area contributed by atoms with Crippen molar-refractivity contribution in [3.05, 3.63) is 79.2 Å². The van der Waals surface area contributed by atoms with E-state index in [0.717, 1.165) is 17.8 Å². The van der Waals surface area contributed by atoms with Crippen molar-refractivity contribution >= 4 is 22.8 Å². The third-order valence-corrected chi connectivity index (χ3v) is 3.59. The van der Waals surface area contributed by atoms with Crippen LogP contribution in [0.1, 0.15) is 17.0 Å². The Kier molecular flexibility index (Phi) is 4.93. The number of aromatic nitrogens is 4. The van der Waals surface area contributed by atoms with Crippen molar-refractivity contribution in [1.29, 1.82) is 0 Å². The zero-order chi connectivity index (χ0) is 19.4. The third-order valence-electron chi connectivity index (χ3n) is 3.59. The Morgan fingerprint density at radius 1 is 1.00 bits per heavy atom. The molecule has 0 aromatic carbocycles. The molecule has 3 heterocycles. The molecule has 0 spiro atoms. The summed E-state index contributed by atoms with van der Waals surface area (Å²) >= 11 is 0. The lowest BCUT2D eigenvalue weighted by atomic mass is 10.2. The van der Waals surface area contributed by atoms with Crippen molar-refractivity contribution in [3.63, 3.8) is 0 Å². The highest BCUT2D eigenvalue weighted by Crippen LogP contribution is 2.29. The molecule has 3 aromatic heterocycles. The maximum atomic E-state index is 12.6. The first kappa shape index (κ1) is 18.2. The quantitative estimate of drug-likeness (QED) is 0.598. The zero-order valence-corrected chi connectivity index (χ0v) is 14.0. The van der Waals surface area contributed by atoms with E-state index in [2.05, 4.69) is 44.0 Å². The number of hydrogen-bond donors (Lipinski definition) is 3. The van der Waals surface area contributed by atoms with Crippen molar-refractivity contribution in [3.8, 4) is 0 Å². The number of nitrogens with one attached hydrogen (secondary N) is 3. The Balaban J connectivity index is 1.71. The largest absolute Gasteiger partial charge is 0.433 e. The van der Waals surface area contributed by atoms with Crippen LogP contribution >= 0.6 is 0 Å². The summed E-state index contributed by atoms with van der Waals surface area (Å²) < 4.78 is 37.8. The second-order valence-corrected chi connectivity index (χ2v) is 5.54. The monoisotopic (exact) mass is 372 g/mol. The summed E-state index contributed by atoms with van der Waals surface area (Å²) in [6, 6.07) is 5.81. The molecule has 27 heavy (non-hydrogen) atoms. The molecule has 0 radical (unpaired) electrons. The molecule has 0 aliphatic rings. The van der Waals surface area contributed by atoms with E-state index in [-0.39, 0.29) is 0 Å². The highest BCUT2D eigenvalue weighted by Gasteiger charge is 2.32. The van der Waals surface area contributed by atoms with Gasteiger partial charge in [0, 0.05) is 23.7 Å². The number of aromatic amines is 1. The van der Waals surface area contributed by atoms with Crippen LogP contribution in [0.5, 0.6) is 0 Å². The fourth-order valence-corrected chi connectivity index (χ4v) is 2.26. The third kappa shape index (κ3) is 4.32. The summed E-state index contributed by atoms with van der Waals surface area (Å²) in [5.74, 6) is 0. The molecule has 9 heteroatoms. The summed E-state index contributed by atoms with van der Waals surface area (Å²) in [6.07, 6.45) is 1.48. The first-order valence-corrected chi connectivity index (χ1v) is 7.74. The van der Waals surface area contributed by atoms with Crippen LogP contribution in [0.4, 0.5) is 24.5 Å². The predicted molar refractivity (Wildman–Crippen MR) is 97.4 cm³/mol. The van der Waals surface area contributed by atoms with Gasteiger partial charge < -0.3 is 10.6 Å². The molecule has 0 unspecified atom stereocenters. The zero-order valence-electron chi connectivity index (χ0n) is 14.0. The minimum atomic E-state index is -4.48. The number of H-pyrrole nitrogens is 1. The van der Waals surface area contributed by atoms with Crippen molar-refractivity contribution in [1.82, 2.24) is 20.2 Å². The Bertz CT molecular complexity index is 945. The van der Waals surface area contributed by atoms with E-state index >= 15 is 0 Å². The number of hydrogen-bond acceptors (Lipinski definition) is 5. The average Bonchev–Trinajstić information content (AvgIpc) is 3.10. The summed E-state index contributed by atoms with van der Waals surface area (Å²) in [5, 5.41) is 12.8. The van der Waals surface area contributed by atoms with Crippen molar-refractivity contribution in [2.24, 2.45) is 0 Å². The van der Waals surface area contributed by atoms with Gasteiger partial charge in [-0.05, 0) is 24.3 Å². The molecule has 3 N–H and O–H groups in total. The van der Waals surface area contributed by atoms with E-state index < -0.39 is 11.9 Å². The van der Waals surface area contributed by atoms with E-state index in [4.69, 9.17) is 0 Å². The summed E-state index contributed by atoms with van der Waals surface area (Å²) in [4.78, 5) is 7.44. The van der Waals surface area contributed by atoms with Crippen molar-refractivity contribution in [2.45, 2.75) is 6.18 Å². The van der Waals surface area contributed by atoms with Gasteiger partial charge in [0.1, 0.15) is 11.4 Å². The number of halogens is 3. The van der Waals surface area contributed by atoms with Crippen LogP contribution < -0.4 is 10.6 Å². The lowest BCUT2D eigenvalue weighted by Gasteiger charge is -2.13. The molecule has 6 nitrogen and oxygen atoms in total. The maximum absolute atomic E-state index is 12.6. The second-order valence-electron chi connectivity index (χ2n) is 5.54. The van der Waals surface area contributed by atoms with E-state index in [9.17, 15) is 13.2 Å². The smallest absolute Gasteiger partial charge is 0.353 e. The van der Waals surface area contributed by atoms with Gasteiger partial charge >= 0.3 is 6.18 Å². The molecular formula is C18H15F3N6. The Hall–Kier alpha value is -3.62. The van der Waals surface area contributed by atoms with Gasteiger partial charge in [-0.25, -0.2) is 4.98 Å². The normalized spacial score (nSPS) is 11.1. The molecule has 0 fully saturated rings. The van der Waals surface area contributed by atoms with E-state index in [1.165, 1.54) is 6.07 Å². The fourth-order valence-electron chi connectivity index (χ4n) is 2.26. The molecule has 0 saturated carbocycles. The SMILES string of the molecule is C=C(Nc1cn[nH]c1C(=C)Nc1ccc(C(F)(F)F)nc1)c1cccnc1. The fraction of sp³-hybridized carbons (Fsp3) is 0.0556. The van der Waals surface area contributed by atoms with Crippen LogP contribution in [0.25, 0.3) is 11.4 Å². The van der Waals surface area contributed by atoms with Gasteiger partial charge in [0.25, 0.3) is 0 Å². The maximum Gasteiger partial charge on any atom is 0.433 e. The van der Waals surface area contributed by atoms with Gasteiger partial charge in [0.05, 0.1) is 29.5 Å². The summed E-state index contributed by atoms with van der Waals surface area (Å²) in [7, 11) is 0. The molecule has 0 amide bonds. The van der Waals surface area contributed by atoms with E-state index in [0.29, 0.717) is 28.5 Å². The van der Waals surface area contributed by atoms with E-state index in [1.54, 1.807) is 24.7 Å². The minimum absolute atomic E-state index is 0.361. The van der Waals surface area contributed by atoms with Crippen LogP contribution in [-0.4, -0.2) is 20.2 Å². The Morgan fingerprint density at radius 3 is 2.44 bits per heavy atom. The molecular weight excluding hydrogens is 357 g/mol. The lowest BCUT2D eigenvalue weighted by Crippen LogP contribution is -2.08. The van der Waals surface area contributed by atoms with Gasteiger partial charge in [-0.2, -0.15) is 18.3 Å². The van der Waals surface area contributed by atoms with E-state index in [1.807, 2.05) is 6.07 Å². The van der Waals surface area contributed by atoms with Gasteiger partial charge in [-0.1, -0.05) is 13.2 Å². The predicted octanol–water partition coefficient (Wildman–Crippen LogP) is 4.38. The molecule has 0 saturated heterocycles. The van der Waals surface area contributed by atoms with Gasteiger partial charge in [-0.3, -0.25) is 10.1 Å². The highest BCUT2D eigenvalue weighted by atomic mass is 19.4. The van der Waals surface area contributed by atoms with Crippen molar-refractivity contribution < 1.29 is 13.2 Å². The van der Waals surface area contributed by atoms with Crippen LogP contribution in [0.15, 0.2) is 62.2 Å². The average molecular weight is 372 g/mol. The number of alkyl halides is 3. The topological polar surface area (TPSA) is 78.5 Å². The second kappa shape index (κ2) is 7.32. The Labute approximate surface area is 152 Å². The molecule has 0 aliphatic carbocycles. The van der Waals surface area contributed by atoms with Crippen LogP contribution in [-0.2, 0) is 6.18 Å². The standard InChI is InChI=1S/C18H15F3N6/c1-11(13-4-3-7-22-8-13)26-15-10-24-27-17(15)12(2)25-14-5-6-16(23-9-14)18(19,20)21/h3-10,25-26H,1-2H2,(H,24,27). The molecule has 0 aliphatic heterocycles. The highest BCUT2D eigenvalue weighted by molar-refractivity contribution is 5.84. The molecule has 138 valence electrons. The van der Waals surface area contributed by atoms with Crippen molar-refractivity contribution in [2.75, 3.05) is 10.6 Å².